The molecule has 1 N–H and O–H groups in total. The third kappa shape index (κ3) is 2.19. The van der Waals surface area contributed by atoms with Crippen LogP contribution in [0.1, 0.15) is 23.2 Å². The average Bonchev–Trinajstić information content (AvgIpc) is 3.03. The Morgan fingerprint density at radius 1 is 1.53 bits per heavy atom. The predicted molar refractivity (Wildman–Crippen MR) is 54.5 cm³/mol. The maximum absolute atomic E-state index is 12.9. The normalized spacial score (nSPS) is 17.5. The minimum absolute atomic E-state index is 0.0248. The summed E-state index contributed by atoms with van der Waals surface area (Å²) in [5.74, 6) is -0.982. The SMILES string of the molecule is O=C(c1cc(F)ccc1Cl)C(O)C1CC1. The summed E-state index contributed by atoms with van der Waals surface area (Å²) in [4.78, 5) is 11.7. The predicted octanol–water partition coefficient (Wildman–Crippen LogP) is 2.43. The highest BCUT2D eigenvalue weighted by atomic mass is 35.5. The number of ketones is 1. The van der Waals surface area contributed by atoms with Crippen molar-refractivity contribution in [3.63, 3.8) is 0 Å². The van der Waals surface area contributed by atoms with Crippen LogP contribution in [0.25, 0.3) is 0 Å². The number of halogens is 2. The highest BCUT2D eigenvalue weighted by molar-refractivity contribution is 6.34. The summed E-state index contributed by atoms with van der Waals surface area (Å²) in [5, 5.41) is 9.78. The van der Waals surface area contributed by atoms with E-state index in [-0.39, 0.29) is 16.5 Å². The number of Topliss-reactive ketones (excluding diaryl/α,β-unsaturated/α-hetero) is 1. The zero-order valence-corrected chi connectivity index (χ0v) is 8.67. The number of aliphatic hydroxyl groups is 1. The summed E-state index contributed by atoms with van der Waals surface area (Å²) in [6.45, 7) is 0. The number of benzene rings is 1. The van der Waals surface area contributed by atoms with Crippen LogP contribution in [0.2, 0.25) is 5.02 Å². The monoisotopic (exact) mass is 228 g/mol. The molecule has 0 heterocycles. The van der Waals surface area contributed by atoms with E-state index in [4.69, 9.17) is 11.6 Å². The Balaban J connectivity index is 2.27. The second-order valence-electron chi connectivity index (χ2n) is 3.77. The van der Waals surface area contributed by atoms with Crippen molar-refractivity contribution in [2.24, 2.45) is 5.92 Å². The summed E-state index contributed by atoms with van der Waals surface area (Å²) in [7, 11) is 0. The van der Waals surface area contributed by atoms with Crippen LogP contribution in [0.4, 0.5) is 4.39 Å². The van der Waals surface area contributed by atoms with E-state index >= 15 is 0 Å². The van der Waals surface area contributed by atoms with Crippen molar-refractivity contribution in [3.8, 4) is 0 Å². The van der Waals surface area contributed by atoms with E-state index in [0.717, 1.165) is 18.9 Å². The summed E-state index contributed by atoms with van der Waals surface area (Å²) in [5.41, 5.74) is 0.0658. The largest absolute Gasteiger partial charge is 0.385 e. The highest BCUT2D eigenvalue weighted by Gasteiger charge is 2.35. The lowest BCUT2D eigenvalue weighted by molar-refractivity contribution is 0.0703. The van der Waals surface area contributed by atoms with E-state index in [9.17, 15) is 14.3 Å². The molecule has 1 aromatic rings. The van der Waals surface area contributed by atoms with Gasteiger partial charge < -0.3 is 5.11 Å². The average molecular weight is 229 g/mol. The van der Waals surface area contributed by atoms with Gasteiger partial charge in [0.15, 0.2) is 5.78 Å². The molecular formula is C11H10ClFO2. The van der Waals surface area contributed by atoms with Crippen LogP contribution < -0.4 is 0 Å². The molecule has 0 spiro atoms. The van der Waals surface area contributed by atoms with Gasteiger partial charge in [-0.1, -0.05) is 11.6 Å². The molecule has 2 nitrogen and oxygen atoms in total. The maximum Gasteiger partial charge on any atom is 0.193 e. The van der Waals surface area contributed by atoms with Gasteiger partial charge in [0.1, 0.15) is 11.9 Å². The number of hydrogen-bond acceptors (Lipinski definition) is 2. The molecule has 0 saturated heterocycles. The fourth-order valence-electron chi connectivity index (χ4n) is 1.47. The Bertz CT molecular complexity index is 402. The van der Waals surface area contributed by atoms with Gasteiger partial charge in [-0.3, -0.25) is 4.79 Å². The second kappa shape index (κ2) is 3.91. The number of hydrogen-bond donors (Lipinski definition) is 1. The molecule has 80 valence electrons. The van der Waals surface area contributed by atoms with Crippen molar-refractivity contribution in [1.29, 1.82) is 0 Å². The van der Waals surface area contributed by atoms with E-state index in [1.807, 2.05) is 0 Å². The lowest BCUT2D eigenvalue weighted by Crippen LogP contribution is -2.23. The van der Waals surface area contributed by atoms with Gasteiger partial charge in [0.05, 0.1) is 5.02 Å². The van der Waals surface area contributed by atoms with Gasteiger partial charge in [-0.15, -0.1) is 0 Å². The fourth-order valence-corrected chi connectivity index (χ4v) is 1.68. The molecule has 0 aromatic heterocycles. The lowest BCUT2D eigenvalue weighted by atomic mass is 10.0. The molecule has 0 radical (unpaired) electrons. The maximum atomic E-state index is 12.9. The minimum Gasteiger partial charge on any atom is -0.385 e. The molecular weight excluding hydrogens is 219 g/mol. The zero-order valence-electron chi connectivity index (χ0n) is 7.91. The number of carbonyl (C=O) groups is 1. The molecule has 1 aliphatic carbocycles. The summed E-state index contributed by atoms with van der Waals surface area (Å²) < 4.78 is 12.9. The minimum atomic E-state index is -1.04. The smallest absolute Gasteiger partial charge is 0.193 e. The van der Waals surface area contributed by atoms with E-state index < -0.39 is 17.7 Å². The van der Waals surface area contributed by atoms with Crippen molar-refractivity contribution < 1.29 is 14.3 Å². The molecule has 0 aliphatic heterocycles. The first-order chi connectivity index (χ1) is 7.09. The number of aliphatic hydroxyl groups excluding tert-OH is 1. The van der Waals surface area contributed by atoms with E-state index in [1.165, 1.54) is 12.1 Å². The van der Waals surface area contributed by atoms with Gasteiger partial charge in [0.2, 0.25) is 0 Å². The highest BCUT2D eigenvalue weighted by Crippen LogP contribution is 2.34. The van der Waals surface area contributed by atoms with Crippen molar-refractivity contribution >= 4 is 17.4 Å². The Hall–Kier alpha value is -0.930. The first-order valence-electron chi connectivity index (χ1n) is 4.77. The van der Waals surface area contributed by atoms with Crippen molar-refractivity contribution in [2.45, 2.75) is 18.9 Å². The first kappa shape index (κ1) is 10.6. The Kier molecular flexibility index (Phi) is 2.76. The molecule has 0 bridgehead atoms. The third-order valence-electron chi connectivity index (χ3n) is 2.53. The lowest BCUT2D eigenvalue weighted by Gasteiger charge is -2.09. The van der Waals surface area contributed by atoms with E-state index in [1.54, 1.807) is 0 Å². The Labute approximate surface area is 91.7 Å². The van der Waals surface area contributed by atoms with Crippen LogP contribution >= 0.6 is 11.6 Å². The van der Waals surface area contributed by atoms with Gasteiger partial charge in [0.25, 0.3) is 0 Å². The molecule has 1 saturated carbocycles. The molecule has 1 atom stereocenters. The Morgan fingerprint density at radius 3 is 2.80 bits per heavy atom. The standard InChI is InChI=1S/C11H10ClFO2/c12-9-4-3-7(13)5-8(9)11(15)10(14)6-1-2-6/h3-6,10,14H,1-2H2. The van der Waals surface area contributed by atoms with Gasteiger partial charge in [-0.05, 0) is 37.0 Å². The molecule has 1 fully saturated rings. The number of carbonyl (C=O) groups excluding carboxylic acids is 1. The van der Waals surface area contributed by atoms with Crippen LogP contribution in [0.3, 0.4) is 0 Å². The van der Waals surface area contributed by atoms with Crippen molar-refractivity contribution in [3.05, 3.63) is 34.6 Å². The fraction of sp³-hybridized carbons (Fsp3) is 0.364. The Morgan fingerprint density at radius 2 is 2.20 bits per heavy atom. The van der Waals surface area contributed by atoms with Crippen LogP contribution in [0.5, 0.6) is 0 Å². The van der Waals surface area contributed by atoms with Crippen LogP contribution in [0.15, 0.2) is 18.2 Å². The van der Waals surface area contributed by atoms with Gasteiger partial charge in [0, 0.05) is 5.56 Å². The second-order valence-corrected chi connectivity index (χ2v) is 4.18. The first-order valence-corrected chi connectivity index (χ1v) is 5.14. The van der Waals surface area contributed by atoms with Crippen molar-refractivity contribution in [1.82, 2.24) is 0 Å². The van der Waals surface area contributed by atoms with Gasteiger partial charge >= 0.3 is 0 Å². The van der Waals surface area contributed by atoms with E-state index in [2.05, 4.69) is 0 Å². The molecule has 2 rings (SSSR count). The van der Waals surface area contributed by atoms with Crippen LogP contribution in [-0.2, 0) is 0 Å². The molecule has 1 aliphatic rings. The van der Waals surface area contributed by atoms with Gasteiger partial charge in [-0.25, -0.2) is 4.39 Å². The molecule has 15 heavy (non-hydrogen) atoms. The van der Waals surface area contributed by atoms with E-state index in [0.29, 0.717) is 0 Å². The molecule has 1 unspecified atom stereocenters. The summed E-state index contributed by atoms with van der Waals surface area (Å²) >= 11 is 5.76. The molecule has 0 amide bonds. The topological polar surface area (TPSA) is 37.3 Å². The quantitative estimate of drug-likeness (QED) is 0.807. The number of rotatable bonds is 3. The summed E-state index contributed by atoms with van der Waals surface area (Å²) in [6.07, 6.45) is 0.656. The van der Waals surface area contributed by atoms with Crippen LogP contribution in [0, 0.1) is 11.7 Å². The molecule has 4 heteroatoms. The third-order valence-corrected chi connectivity index (χ3v) is 2.86. The van der Waals surface area contributed by atoms with Crippen molar-refractivity contribution in [2.75, 3.05) is 0 Å². The van der Waals surface area contributed by atoms with Gasteiger partial charge in [-0.2, -0.15) is 0 Å². The summed E-state index contributed by atoms with van der Waals surface area (Å²) in [6, 6.07) is 3.57. The zero-order chi connectivity index (χ0) is 11.0. The molecule has 1 aromatic carbocycles. The van der Waals surface area contributed by atoms with Crippen LogP contribution in [-0.4, -0.2) is 17.0 Å².